The zero-order valence-electron chi connectivity index (χ0n) is 17.9. The van der Waals surface area contributed by atoms with Gasteiger partial charge in [-0.05, 0) is 55.1 Å². The third kappa shape index (κ3) is 7.36. The zero-order valence-corrected chi connectivity index (χ0v) is 18.8. The molecule has 0 aliphatic heterocycles. The summed E-state index contributed by atoms with van der Waals surface area (Å²) in [6.07, 6.45) is 2.31. The Bertz CT molecular complexity index is 709. The zero-order chi connectivity index (χ0) is 20.5. The van der Waals surface area contributed by atoms with Gasteiger partial charge in [-0.15, -0.1) is 12.4 Å². The summed E-state index contributed by atoms with van der Waals surface area (Å²) < 4.78 is 33.5. The summed E-state index contributed by atoms with van der Waals surface area (Å²) in [6.45, 7) is 10.7. The number of aryl methyl sites for hydroxylation is 2. The van der Waals surface area contributed by atoms with Crippen molar-refractivity contribution >= 4 is 12.4 Å². The first-order valence-corrected chi connectivity index (χ1v) is 10.2. The van der Waals surface area contributed by atoms with E-state index in [4.69, 9.17) is 4.74 Å². The molecule has 162 valence electrons. The van der Waals surface area contributed by atoms with Crippen LogP contribution in [0.2, 0.25) is 0 Å². The first-order chi connectivity index (χ1) is 13.5. The van der Waals surface area contributed by atoms with E-state index in [0.29, 0.717) is 12.5 Å². The highest BCUT2D eigenvalue weighted by molar-refractivity contribution is 5.85. The summed E-state index contributed by atoms with van der Waals surface area (Å²) in [5.41, 5.74) is 3.69. The van der Waals surface area contributed by atoms with Crippen LogP contribution in [0.5, 0.6) is 0 Å². The fourth-order valence-corrected chi connectivity index (χ4v) is 3.73. The van der Waals surface area contributed by atoms with E-state index in [1.165, 1.54) is 34.9 Å². The van der Waals surface area contributed by atoms with E-state index < -0.39 is 11.6 Å². The number of hydrogen-bond acceptors (Lipinski definition) is 2. The average molecular weight is 426 g/mol. The van der Waals surface area contributed by atoms with Crippen LogP contribution in [-0.4, -0.2) is 19.7 Å². The van der Waals surface area contributed by atoms with Crippen LogP contribution < -0.4 is 5.32 Å². The molecule has 0 radical (unpaired) electrons. The molecule has 0 aliphatic rings. The lowest BCUT2D eigenvalue weighted by molar-refractivity contribution is 0.101. The van der Waals surface area contributed by atoms with Crippen molar-refractivity contribution in [3.8, 4) is 0 Å². The summed E-state index contributed by atoms with van der Waals surface area (Å²) in [5, 5.41) is 3.58. The fraction of sp³-hybridized carbons (Fsp3) is 0.500. The first-order valence-electron chi connectivity index (χ1n) is 10.2. The van der Waals surface area contributed by atoms with Gasteiger partial charge in [0, 0.05) is 18.0 Å². The molecule has 1 N–H and O–H groups in total. The second-order valence-corrected chi connectivity index (χ2v) is 7.56. The third-order valence-electron chi connectivity index (χ3n) is 5.56. The highest BCUT2D eigenvalue weighted by Gasteiger charge is 2.18. The van der Waals surface area contributed by atoms with Gasteiger partial charge in [0.15, 0.2) is 0 Å². The molecule has 29 heavy (non-hydrogen) atoms. The minimum Gasteiger partial charge on any atom is -0.376 e. The molecule has 2 nitrogen and oxygen atoms in total. The minimum atomic E-state index is -0.560. The molecule has 0 amide bonds. The van der Waals surface area contributed by atoms with Crippen LogP contribution >= 0.6 is 12.4 Å². The van der Waals surface area contributed by atoms with Crippen molar-refractivity contribution in [3.05, 3.63) is 70.3 Å². The molecule has 0 aromatic heterocycles. The summed E-state index contributed by atoms with van der Waals surface area (Å²) in [5.74, 6) is -0.330. The predicted molar refractivity (Wildman–Crippen MR) is 119 cm³/mol. The van der Waals surface area contributed by atoms with Crippen molar-refractivity contribution in [2.24, 2.45) is 5.92 Å². The second-order valence-electron chi connectivity index (χ2n) is 7.56. The molecule has 2 aromatic rings. The number of hydrogen-bond donors (Lipinski definition) is 1. The molecular weight excluding hydrogens is 392 g/mol. The van der Waals surface area contributed by atoms with Gasteiger partial charge in [0.05, 0.1) is 13.2 Å². The smallest absolute Gasteiger partial charge is 0.131 e. The highest BCUT2D eigenvalue weighted by atomic mass is 35.5. The van der Waals surface area contributed by atoms with Crippen LogP contribution in [0, 0.1) is 31.4 Å². The normalized spacial score (nSPS) is 12.1. The van der Waals surface area contributed by atoms with E-state index in [9.17, 15) is 8.78 Å². The van der Waals surface area contributed by atoms with Gasteiger partial charge in [-0.1, -0.05) is 51.0 Å². The maximum atomic E-state index is 13.9. The summed E-state index contributed by atoms with van der Waals surface area (Å²) >= 11 is 0. The Labute approximate surface area is 180 Å². The quantitative estimate of drug-likeness (QED) is 0.454. The van der Waals surface area contributed by atoms with Crippen LogP contribution in [0.15, 0.2) is 36.4 Å². The Balaban J connectivity index is 0.00000420. The van der Waals surface area contributed by atoms with Crippen LogP contribution in [0.4, 0.5) is 8.78 Å². The van der Waals surface area contributed by atoms with Crippen molar-refractivity contribution in [1.29, 1.82) is 0 Å². The van der Waals surface area contributed by atoms with E-state index in [-0.39, 0.29) is 30.5 Å². The van der Waals surface area contributed by atoms with Gasteiger partial charge in [-0.25, -0.2) is 8.78 Å². The van der Waals surface area contributed by atoms with Gasteiger partial charge in [-0.3, -0.25) is 0 Å². The Morgan fingerprint density at radius 2 is 1.45 bits per heavy atom. The van der Waals surface area contributed by atoms with Crippen LogP contribution in [0.3, 0.4) is 0 Å². The SMILES string of the molecule is CCC(CC)CNCC(COCc1c(F)cccc1F)c1c(C)cccc1C.Cl. The molecule has 0 heterocycles. The maximum Gasteiger partial charge on any atom is 0.131 e. The van der Waals surface area contributed by atoms with Gasteiger partial charge in [0.25, 0.3) is 0 Å². The standard InChI is InChI=1S/C24H33F2NO.ClH/c1-5-19(6-2)13-27-14-20(24-17(3)9-7-10-18(24)4)15-28-16-21-22(25)11-8-12-23(21)26;/h7-12,19-20,27H,5-6,13-16H2,1-4H3;1H. The van der Waals surface area contributed by atoms with Crippen LogP contribution in [0.1, 0.15) is 54.9 Å². The largest absolute Gasteiger partial charge is 0.376 e. The topological polar surface area (TPSA) is 21.3 Å². The van der Waals surface area contributed by atoms with Crippen LogP contribution in [0.25, 0.3) is 0 Å². The van der Waals surface area contributed by atoms with E-state index in [0.717, 1.165) is 25.9 Å². The molecule has 0 bridgehead atoms. The second kappa shape index (κ2) is 12.9. The molecule has 1 unspecified atom stereocenters. The third-order valence-corrected chi connectivity index (χ3v) is 5.56. The maximum absolute atomic E-state index is 13.9. The fourth-order valence-electron chi connectivity index (χ4n) is 3.73. The number of nitrogens with one attached hydrogen (secondary N) is 1. The van der Waals surface area contributed by atoms with Crippen molar-refractivity contribution in [3.63, 3.8) is 0 Å². The number of rotatable bonds is 11. The molecule has 0 saturated heterocycles. The van der Waals surface area contributed by atoms with Gasteiger partial charge in [-0.2, -0.15) is 0 Å². The van der Waals surface area contributed by atoms with E-state index in [1.807, 2.05) is 0 Å². The Morgan fingerprint density at radius 3 is 2.00 bits per heavy atom. The van der Waals surface area contributed by atoms with E-state index in [2.05, 4.69) is 51.2 Å². The predicted octanol–water partition coefficient (Wildman–Crippen LogP) is 6.33. The molecule has 0 saturated carbocycles. The Morgan fingerprint density at radius 1 is 0.897 bits per heavy atom. The minimum absolute atomic E-state index is 0. The summed E-state index contributed by atoms with van der Waals surface area (Å²) in [6, 6.07) is 10.2. The summed E-state index contributed by atoms with van der Waals surface area (Å²) in [7, 11) is 0. The van der Waals surface area contributed by atoms with Crippen molar-refractivity contribution in [2.45, 2.75) is 53.1 Å². The Hall–Kier alpha value is -1.49. The lowest BCUT2D eigenvalue weighted by atomic mass is 9.91. The lowest BCUT2D eigenvalue weighted by Crippen LogP contribution is -2.29. The molecule has 0 aliphatic carbocycles. The molecule has 5 heteroatoms. The van der Waals surface area contributed by atoms with Crippen LogP contribution in [-0.2, 0) is 11.3 Å². The number of halogens is 3. The average Bonchev–Trinajstić information content (AvgIpc) is 2.66. The molecule has 2 rings (SSSR count). The van der Waals surface area contributed by atoms with E-state index >= 15 is 0 Å². The van der Waals surface area contributed by atoms with Gasteiger partial charge in [0.2, 0.25) is 0 Å². The number of benzene rings is 2. The van der Waals surface area contributed by atoms with Gasteiger partial charge < -0.3 is 10.1 Å². The van der Waals surface area contributed by atoms with Gasteiger partial charge in [0.1, 0.15) is 11.6 Å². The molecular formula is C24H34ClF2NO. The first kappa shape index (κ1) is 25.5. The van der Waals surface area contributed by atoms with Crippen molar-refractivity contribution in [2.75, 3.05) is 19.7 Å². The summed E-state index contributed by atoms with van der Waals surface area (Å²) in [4.78, 5) is 0. The molecule has 2 aromatic carbocycles. The highest BCUT2D eigenvalue weighted by Crippen LogP contribution is 2.25. The van der Waals surface area contributed by atoms with Gasteiger partial charge >= 0.3 is 0 Å². The van der Waals surface area contributed by atoms with Crippen molar-refractivity contribution in [1.82, 2.24) is 5.32 Å². The Kier molecular flexibility index (Phi) is 11.4. The lowest BCUT2D eigenvalue weighted by Gasteiger charge is -2.24. The van der Waals surface area contributed by atoms with Crippen molar-refractivity contribution < 1.29 is 13.5 Å². The molecule has 0 spiro atoms. The molecule has 0 fully saturated rings. The number of ether oxygens (including phenoxy) is 1. The van der Waals surface area contributed by atoms with E-state index in [1.54, 1.807) is 0 Å². The molecule has 1 atom stereocenters. The monoisotopic (exact) mass is 425 g/mol.